The van der Waals surface area contributed by atoms with Crippen LogP contribution in [0, 0.1) is 0 Å². The summed E-state index contributed by atoms with van der Waals surface area (Å²) in [6.07, 6.45) is 7.17. The molecule has 1 fully saturated rings. The van der Waals surface area contributed by atoms with Crippen LogP contribution in [0.2, 0.25) is 0 Å². The molecule has 2 aromatic heterocycles. The maximum absolute atomic E-state index is 5.22. The van der Waals surface area contributed by atoms with Gasteiger partial charge in [-0.15, -0.1) is 0 Å². The average molecular weight is 309 g/mol. The van der Waals surface area contributed by atoms with Crippen molar-refractivity contribution < 1.29 is 4.74 Å². The predicted molar refractivity (Wildman–Crippen MR) is 89.3 cm³/mol. The molecule has 3 heterocycles. The molecule has 0 aliphatic carbocycles. The Kier molecular flexibility index (Phi) is 3.57. The van der Waals surface area contributed by atoms with Gasteiger partial charge in [-0.2, -0.15) is 0 Å². The van der Waals surface area contributed by atoms with Crippen molar-refractivity contribution in [2.24, 2.45) is 0 Å². The van der Waals surface area contributed by atoms with E-state index in [1.54, 1.807) is 13.4 Å². The lowest BCUT2D eigenvalue weighted by Crippen LogP contribution is -2.30. The number of aromatic nitrogens is 4. The minimum absolute atomic E-state index is 0.835. The molecule has 6 heteroatoms. The number of ether oxygens (including phenoxy) is 1. The van der Waals surface area contributed by atoms with Crippen LogP contribution >= 0.6 is 0 Å². The fourth-order valence-electron chi connectivity index (χ4n) is 3.09. The SMILES string of the molecule is COc1ccc(-n2cnc3c(N4CCCCC4)ncnc32)cc1. The molecule has 0 radical (unpaired) electrons. The Labute approximate surface area is 134 Å². The molecular formula is C17H19N5O. The number of anilines is 1. The summed E-state index contributed by atoms with van der Waals surface area (Å²) < 4.78 is 7.21. The topological polar surface area (TPSA) is 56.1 Å². The van der Waals surface area contributed by atoms with Crippen molar-refractivity contribution in [3.63, 3.8) is 0 Å². The number of rotatable bonds is 3. The first-order chi connectivity index (χ1) is 11.4. The van der Waals surface area contributed by atoms with Gasteiger partial charge in [-0.3, -0.25) is 4.57 Å². The molecule has 1 aliphatic heterocycles. The molecule has 0 spiro atoms. The van der Waals surface area contributed by atoms with E-state index in [0.29, 0.717) is 0 Å². The van der Waals surface area contributed by atoms with E-state index in [1.807, 2.05) is 35.2 Å². The van der Waals surface area contributed by atoms with Gasteiger partial charge in [0, 0.05) is 18.8 Å². The van der Waals surface area contributed by atoms with E-state index in [1.165, 1.54) is 19.3 Å². The molecule has 1 aromatic carbocycles. The Morgan fingerprint density at radius 1 is 0.957 bits per heavy atom. The zero-order chi connectivity index (χ0) is 15.6. The van der Waals surface area contributed by atoms with Crippen molar-refractivity contribution in [1.29, 1.82) is 0 Å². The Bertz CT molecular complexity index is 805. The number of methoxy groups -OCH3 is 1. The second kappa shape index (κ2) is 5.87. The molecule has 1 saturated heterocycles. The minimum atomic E-state index is 0.835. The molecule has 4 rings (SSSR count). The third-order valence-electron chi connectivity index (χ3n) is 4.32. The second-order valence-electron chi connectivity index (χ2n) is 5.73. The van der Waals surface area contributed by atoms with Crippen LogP contribution in [-0.4, -0.2) is 39.7 Å². The molecule has 3 aromatic rings. The van der Waals surface area contributed by atoms with E-state index in [0.717, 1.165) is 41.5 Å². The fraction of sp³-hybridized carbons (Fsp3) is 0.353. The Morgan fingerprint density at radius 2 is 1.74 bits per heavy atom. The smallest absolute Gasteiger partial charge is 0.170 e. The van der Waals surface area contributed by atoms with E-state index in [4.69, 9.17) is 4.74 Å². The molecule has 0 bridgehead atoms. The number of nitrogens with zero attached hydrogens (tertiary/aromatic N) is 5. The van der Waals surface area contributed by atoms with Crippen LogP contribution in [0.15, 0.2) is 36.9 Å². The molecule has 1 aliphatic rings. The van der Waals surface area contributed by atoms with Crippen molar-refractivity contribution in [3.8, 4) is 11.4 Å². The van der Waals surface area contributed by atoms with Gasteiger partial charge in [0.25, 0.3) is 0 Å². The van der Waals surface area contributed by atoms with Gasteiger partial charge < -0.3 is 9.64 Å². The van der Waals surface area contributed by atoms with Crippen molar-refractivity contribution in [2.45, 2.75) is 19.3 Å². The minimum Gasteiger partial charge on any atom is -0.497 e. The molecule has 0 N–H and O–H groups in total. The normalized spacial score (nSPS) is 15.1. The summed E-state index contributed by atoms with van der Waals surface area (Å²) in [5.74, 6) is 1.78. The third kappa shape index (κ3) is 2.50. The summed E-state index contributed by atoms with van der Waals surface area (Å²) in [4.78, 5) is 15.8. The third-order valence-corrected chi connectivity index (χ3v) is 4.32. The molecule has 0 amide bonds. The Balaban J connectivity index is 1.77. The first kappa shape index (κ1) is 14.0. The zero-order valence-electron chi connectivity index (χ0n) is 13.1. The van der Waals surface area contributed by atoms with Crippen molar-refractivity contribution in [2.75, 3.05) is 25.1 Å². The number of imidazole rings is 1. The standard InChI is InChI=1S/C17H19N5O/c1-23-14-7-5-13(6-8-14)22-12-20-15-16(18-11-19-17(15)22)21-9-3-2-4-10-21/h5-8,11-12H,2-4,9-10H2,1H3. The van der Waals surface area contributed by atoms with Gasteiger partial charge in [0.2, 0.25) is 0 Å². The highest BCUT2D eigenvalue weighted by atomic mass is 16.5. The van der Waals surface area contributed by atoms with Gasteiger partial charge >= 0.3 is 0 Å². The van der Waals surface area contributed by atoms with Gasteiger partial charge in [0.1, 0.15) is 18.4 Å². The van der Waals surface area contributed by atoms with Crippen LogP contribution in [-0.2, 0) is 0 Å². The average Bonchev–Trinajstić information content (AvgIpc) is 3.06. The van der Waals surface area contributed by atoms with E-state index < -0.39 is 0 Å². The highest BCUT2D eigenvalue weighted by molar-refractivity contribution is 5.84. The predicted octanol–water partition coefficient (Wildman–Crippen LogP) is 2.81. The van der Waals surface area contributed by atoms with Crippen LogP contribution < -0.4 is 9.64 Å². The van der Waals surface area contributed by atoms with E-state index >= 15 is 0 Å². The molecule has 118 valence electrons. The maximum atomic E-state index is 5.22. The van der Waals surface area contributed by atoms with Gasteiger partial charge in [0.15, 0.2) is 17.0 Å². The van der Waals surface area contributed by atoms with Crippen LogP contribution in [0.4, 0.5) is 5.82 Å². The first-order valence-electron chi connectivity index (χ1n) is 7.94. The van der Waals surface area contributed by atoms with E-state index in [2.05, 4.69) is 19.9 Å². The van der Waals surface area contributed by atoms with Gasteiger partial charge in [0.05, 0.1) is 7.11 Å². The Hall–Kier alpha value is -2.63. The first-order valence-corrected chi connectivity index (χ1v) is 7.94. The highest BCUT2D eigenvalue weighted by Crippen LogP contribution is 2.26. The van der Waals surface area contributed by atoms with Gasteiger partial charge in [-0.05, 0) is 43.5 Å². The molecule has 0 saturated carbocycles. The quantitative estimate of drug-likeness (QED) is 0.744. The van der Waals surface area contributed by atoms with Gasteiger partial charge in [-0.1, -0.05) is 0 Å². The summed E-state index contributed by atoms with van der Waals surface area (Å²) in [7, 11) is 1.67. The van der Waals surface area contributed by atoms with Crippen LogP contribution in [0.3, 0.4) is 0 Å². The summed E-state index contributed by atoms with van der Waals surface area (Å²) in [6, 6.07) is 7.88. The van der Waals surface area contributed by atoms with Crippen LogP contribution in [0.25, 0.3) is 16.9 Å². The monoisotopic (exact) mass is 309 g/mol. The van der Waals surface area contributed by atoms with Crippen LogP contribution in [0.1, 0.15) is 19.3 Å². The number of benzene rings is 1. The molecule has 0 unspecified atom stereocenters. The highest BCUT2D eigenvalue weighted by Gasteiger charge is 2.18. The zero-order valence-corrected chi connectivity index (χ0v) is 13.1. The number of fused-ring (bicyclic) bond motifs is 1. The van der Waals surface area contributed by atoms with Crippen molar-refractivity contribution >= 4 is 17.0 Å². The number of piperidine rings is 1. The van der Waals surface area contributed by atoms with Crippen molar-refractivity contribution in [3.05, 3.63) is 36.9 Å². The maximum Gasteiger partial charge on any atom is 0.170 e. The molecule has 6 nitrogen and oxygen atoms in total. The largest absolute Gasteiger partial charge is 0.497 e. The summed E-state index contributed by atoms with van der Waals surface area (Å²) in [5, 5.41) is 0. The molecule has 0 atom stereocenters. The molecule has 23 heavy (non-hydrogen) atoms. The summed E-state index contributed by atoms with van der Waals surface area (Å²) in [6.45, 7) is 2.09. The summed E-state index contributed by atoms with van der Waals surface area (Å²) in [5.41, 5.74) is 2.72. The Morgan fingerprint density at radius 3 is 2.48 bits per heavy atom. The van der Waals surface area contributed by atoms with Gasteiger partial charge in [-0.25, -0.2) is 15.0 Å². The van der Waals surface area contributed by atoms with E-state index in [9.17, 15) is 0 Å². The summed E-state index contributed by atoms with van der Waals surface area (Å²) >= 11 is 0. The van der Waals surface area contributed by atoms with E-state index in [-0.39, 0.29) is 0 Å². The second-order valence-corrected chi connectivity index (χ2v) is 5.73. The lowest BCUT2D eigenvalue weighted by molar-refractivity contribution is 0.415. The number of hydrogen-bond donors (Lipinski definition) is 0. The number of hydrogen-bond acceptors (Lipinski definition) is 5. The van der Waals surface area contributed by atoms with Crippen LogP contribution in [0.5, 0.6) is 5.75 Å². The van der Waals surface area contributed by atoms with Crippen molar-refractivity contribution in [1.82, 2.24) is 19.5 Å². The fourth-order valence-corrected chi connectivity index (χ4v) is 3.09. The molecular weight excluding hydrogens is 290 g/mol. The lowest BCUT2D eigenvalue weighted by atomic mass is 10.1. The lowest BCUT2D eigenvalue weighted by Gasteiger charge is -2.27.